The molecule has 1 heterocycles. The Morgan fingerprint density at radius 3 is 2.50 bits per heavy atom. The number of oxazole rings is 1. The number of ether oxygens (including phenoxy) is 3. The second kappa shape index (κ2) is 13.4. The maximum absolute atomic E-state index is 13.5. The zero-order valence-electron chi connectivity index (χ0n) is 24.1. The maximum Gasteiger partial charge on any atom is 0.405 e. The highest BCUT2D eigenvalue weighted by atomic mass is 19.3. The molecule has 0 saturated heterocycles. The predicted molar refractivity (Wildman–Crippen MR) is 147 cm³/mol. The van der Waals surface area contributed by atoms with Crippen molar-refractivity contribution in [3.8, 4) is 23.0 Å². The van der Waals surface area contributed by atoms with Gasteiger partial charge in [-0.2, -0.15) is 8.78 Å². The zero-order chi connectivity index (χ0) is 30.4. The van der Waals surface area contributed by atoms with Crippen molar-refractivity contribution in [3.05, 3.63) is 29.7 Å². The van der Waals surface area contributed by atoms with Gasteiger partial charge >= 0.3 is 12.7 Å². The van der Waals surface area contributed by atoms with Gasteiger partial charge in [-0.15, -0.1) is 0 Å². The summed E-state index contributed by atoms with van der Waals surface area (Å²) >= 11 is 0. The van der Waals surface area contributed by atoms with Gasteiger partial charge in [-0.05, 0) is 62.1 Å². The fourth-order valence-corrected chi connectivity index (χ4v) is 5.11. The number of hydrogen-bond acceptors (Lipinski definition) is 8. The molecule has 2 aromatic rings. The maximum atomic E-state index is 13.5. The highest BCUT2D eigenvalue weighted by Gasteiger charge is 2.36. The largest absolute Gasteiger partial charge is 0.489 e. The number of aromatic nitrogens is 1. The van der Waals surface area contributed by atoms with E-state index >= 15 is 0 Å². The first kappa shape index (κ1) is 31.0. The Bertz CT molecular complexity index is 1270. The molecule has 0 aliphatic heterocycles. The van der Waals surface area contributed by atoms with Crippen molar-refractivity contribution in [2.45, 2.75) is 71.0 Å². The van der Waals surface area contributed by atoms with Crippen LogP contribution in [0.4, 0.5) is 13.6 Å². The molecule has 0 bridgehead atoms. The molecule has 3 N–H and O–H groups in total. The summed E-state index contributed by atoms with van der Waals surface area (Å²) in [4.78, 5) is 43.5. The lowest BCUT2D eigenvalue weighted by molar-refractivity contribution is -0.131. The summed E-state index contributed by atoms with van der Waals surface area (Å²) in [7, 11) is 3.41. The monoisotopic (exact) mass is 592 g/mol. The Balaban J connectivity index is 1.61. The highest BCUT2D eigenvalue weighted by molar-refractivity contribution is 5.94. The molecular formula is C29H38F2N4O7. The number of amides is 3. The van der Waals surface area contributed by atoms with Gasteiger partial charge in [-0.1, -0.05) is 19.3 Å². The quantitative estimate of drug-likeness (QED) is 0.329. The van der Waals surface area contributed by atoms with Crippen LogP contribution in [-0.4, -0.2) is 61.6 Å². The van der Waals surface area contributed by atoms with Crippen molar-refractivity contribution in [1.82, 2.24) is 15.2 Å². The average molecular weight is 593 g/mol. The standard InChI is InChI=1S/C29H38F2N4O7/c1-17(40-28(32)38)24-23(25(37)33-16-29(11-5-4-6-12-29)14-22(36)35(2)3)34-26(42-24)19-9-10-20(41-27(30)31)21(13-19)39-15-18-7-8-18/h9-10,13,17-18,27H,4-8,11-12,14-16H2,1-3H3,(H2,32,38)(H,33,37). The number of alkyl halides is 2. The molecule has 42 heavy (non-hydrogen) atoms. The minimum atomic E-state index is -3.05. The molecule has 1 aromatic carbocycles. The third kappa shape index (κ3) is 8.10. The van der Waals surface area contributed by atoms with Gasteiger partial charge in [-0.25, -0.2) is 9.78 Å². The Morgan fingerprint density at radius 1 is 1.17 bits per heavy atom. The van der Waals surface area contributed by atoms with E-state index < -0.39 is 30.1 Å². The van der Waals surface area contributed by atoms with E-state index in [4.69, 9.17) is 19.6 Å². The Labute approximate surface area is 243 Å². The van der Waals surface area contributed by atoms with Crippen LogP contribution in [0.5, 0.6) is 11.5 Å². The third-order valence-electron chi connectivity index (χ3n) is 7.67. The molecule has 3 amide bonds. The number of primary amides is 1. The van der Waals surface area contributed by atoms with Crippen LogP contribution in [-0.2, 0) is 9.53 Å². The van der Waals surface area contributed by atoms with Crippen molar-refractivity contribution < 1.29 is 41.8 Å². The van der Waals surface area contributed by atoms with E-state index in [0.29, 0.717) is 24.5 Å². The summed E-state index contributed by atoms with van der Waals surface area (Å²) in [5, 5.41) is 2.92. The number of carbonyl (C=O) groups is 3. The van der Waals surface area contributed by atoms with Gasteiger partial charge in [0.25, 0.3) is 5.91 Å². The number of rotatable bonds is 13. The molecule has 0 spiro atoms. The van der Waals surface area contributed by atoms with Crippen LogP contribution in [0.2, 0.25) is 0 Å². The van der Waals surface area contributed by atoms with Gasteiger partial charge in [0, 0.05) is 32.6 Å². The van der Waals surface area contributed by atoms with E-state index in [0.717, 1.165) is 44.9 Å². The van der Waals surface area contributed by atoms with Crippen LogP contribution in [0.1, 0.15) is 80.6 Å². The van der Waals surface area contributed by atoms with Gasteiger partial charge in [0.2, 0.25) is 11.8 Å². The van der Waals surface area contributed by atoms with Crippen molar-refractivity contribution in [1.29, 1.82) is 0 Å². The summed E-state index contributed by atoms with van der Waals surface area (Å²) in [6.45, 7) is -0.977. The average Bonchev–Trinajstić information content (AvgIpc) is 3.66. The van der Waals surface area contributed by atoms with Crippen molar-refractivity contribution >= 4 is 17.9 Å². The normalized spacial score (nSPS) is 16.9. The number of benzene rings is 1. The molecule has 0 radical (unpaired) electrons. The topological polar surface area (TPSA) is 146 Å². The minimum Gasteiger partial charge on any atom is -0.489 e. The summed E-state index contributed by atoms with van der Waals surface area (Å²) < 4.78 is 47.3. The first-order chi connectivity index (χ1) is 20.0. The van der Waals surface area contributed by atoms with Crippen LogP contribution < -0.4 is 20.5 Å². The third-order valence-corrected chi connectivity index (χ3v) is 7.67. The van der Waals surface area contributed by atoms with Crippen molar-refractivity contribution in [2.75, 3.05) is 27.2 Å². The second-order valence-corrected chi connectivity index (χ2v) is 11.3. The highest BCUT2D eigenvalue weighted by Crippen LogP contribution is 2.40. The number of nitrogens with two attached hydrogens (primary N) is 1. The lowest BCUT2D eigenvalue weighted by atomic mass is 9.71. The Morgan fingerprint density at radius 2 is 1.88 bits per heavy atom. The molecule has 2 saturated carbocycles. The summed E-state index contributed by atoms with van der Waals surface area (Å²) in [6.07, 6.45) is 4.72. The summed E-state index contributed by atoms with van der Waals surface area (Å²) in [6, 6.07) is 4.20. The van der Waals surface area contributed by atoms with Crippen molar-refractivity contribution in [2.24, 2.45) is 17.1 Å². The first-order valence-electron chi connectivity index (χ1n) is 14.1. The predicted octanol–water partition coefficient (Wildman–Crippen LogP) is 5.05. The number of nitrogens with zero attached hydrogens (tertiary/aromatic N) is 2. The van der Waals surface area contributed by atoms with Gasteiger partial charge in [-0.3, -0.25) is 9.59 Å². The van der Waals surface area contributed by atoms with E-state index in [-0.39, 0.29) is 41.3 Å². The summed E-state index contributed by atoms with van der Waals surface area (Å²) in [5.74, 6) is -0.375. The van der Waals surface area contributed by atoms with E-state index in [1.54, 1.807) is 19.0 Å². The van der Waals surface area contributed by atoms with E-state index in [1.165, 1.54) is 25.1 Å². The Hall–Kier alpha value is -3.90. The molecule has 2 aliphatic carbocycles. The lowest BCUT2D eigenvalue weighted by Gasteiger charge is -2.37. The molecule has 11 nitrogen and oxygen atoms in total. The Kier molecular flexibility index (Phi) is 9.89. The smallest absolute Gasteiger partial charge is 0.405 e. The zero-order valence-corrected chi connectivity index (χ0v) is 24.1. The van der Waals surface area contributed by atoms with Crippen LogP contribution in [0.25, 0.3) is 11.5 Å². The van der Waals surface area contributed by atoms with Gasteiger partial charge in [0.15, 0.2) is 29.1 Å². The first-order valence-corrected chi connectivity index (χ1v) is 14.1. The van der Waals surface area contributed by atoms with E-state index in [1.807, 2.05) is 0 Å². The fraction of sp³-hybridized carbons (Fsp3) is 0.586. The molecule has 1 atom stereocenters. The van der Waals surface area contributed by atoms with Crippen LogP contribution >= 0.6 is 0 Å². The van der Waals surface area contributed by atoms with Gasteiger partial charge < -0.3 is 34.6 Å². The van der Waals surface area contributed by atoms with Crippen molar-refractivity contribution in [3.63, 3.8) is 0 Å². The van der Waals surface area contributed by atoms with Crippen LogP contribution in [0.15, 0.2) is 22.6 Å². The SMILES string of the molecule is CC(OC(N)=O)c1oc(-c2ccc(OC(F)F)c(OCC3CC3)c2)nc1C(=O)NCC1(CC(=O)N(C)C)CCCCC1. The number of nitrogens with one attached hydrogen (secondary N) is 1. The fourth-order valence-electron chi connectivity index (χ4n) is 5.11. The molecule has 2 aliphatic rings. The minimum absolute atomic E-state index is 0.0157. The molecule has 2 fully saturated rings. The van der Waals surface area contributed by atoms with Gasteiger partial charge in [0.05, 0.1) is 6.61 Å². The second-order valence-electron chi connectivity index (χ2n) is 11.3. The molecule has 13 heteroatoms. The summed E-state index contributed by atoms with van der Waals surface area (Å²) in [5.41, 5.74) is 5.01. The number of halogens is 2. The molecule has 230 valence electrons. The van der Waals surface area contributed by atoms with E-state index in [2.05, 4.69) is 15.0 Å². The van der Waals surface area contributed by atoms with Gasteiger partial charge in [0.1, 0.15) is 0 Å². The van der Waals surface area contributed by atoms with Crippen LogP contribution in [0.3, 0.4) is 0 Å². The molecule has 1 aromatic heterocycles. The number of hydrogen-bond donors (Lipinski definition) is 2. The van der Waals surface area contributed by atoms with Crippen LogP contribution in [0, 0.1) is 11.3 Å². The van der Waals surface area contributed by atoms with E-state index in [9.17, 15) is 23.2 Å². The molecular weight excluding hydrogens is 554 g/mol. The number of carbonyl (C=O) groups excluding carboxylic acids is 3. The molecule has 1 unspecified atom stereocenters. The molecule has 4 rings (SSSR count). The lowest BCUT2D eigenvalue weighted by Crippen LogP contribution is -2.42.